The van der Waals surface area contributed by atoms with Gasteiger partial charge in [-0.15, -0.1) is 11.3 Å². The maximum atomic E-state index is 12.7. The minimum absolute atomic E-state index is 0.0929. The summed E-state index contributed by atoms with van der Waals surface area (Å²) in [6.45, 7) is 2.78. The van der Waals surface area contributed by atoms with Crippen molar-refractivity contribution >= 4 is 32.9 Å². The van der Waals surface area contributed by atoms with E-state index in [0.29, 0.717) is 12.2 Å². The Balaban J connectivity index is 1.75. The van der Waals surface area contributed by atoms with Gasteiger partial charge in [-0.3, -0.25) is 0 Å². The number of sulfone groups is 1. The largest absolute Gasteiger partial charge is 0.322 e. The summed E-state index contributed by atoms with van der Waals surface area (Å²) < 4.78 is 23.0. The van der Waals surface area contributed by atoms with Crippen molar-refractivity contribution in [2.75, 3.05) is 18.1 Å². The Kier molecular flexibility index (Phi) is 4.64. The Labute approximate surface area is 146 Å². The van der Waals surface area contributed by atoms with Gasteiger partial charge in [-0.25, -0.2) is 13.2 Å². The van der Waals surface area contributed by atoms with Crippen LogP contribution in [0.1, 0.15) is 29.8 Å². The first-order valence-electron chi connectivity index (χ1n) is 7.84. The van der Waals surface area contributed by atoms with Crippen LogP contribution in [0.25, 0.3) is 0 Å². The third-order valence-electron chi connectivity index (χ3n) is 4.28. The number of nitrogens with one attached hydrogen (secondary N) is 1. The van der Waals surface area contributed by atoms with E-state index in [-0.39, 0.29) is 17.0 Å². The van der Waals surface area contributed by atoms with Crippen molar-refractivity contribution < 1.29 is 13.2 Å². The van der Waals surface area contributed by atoms with Gasteiger partial charge in [-0.05, 0) is 54.1 Å². The standard InChI is InChI=1S/C17H20N2O3S2/c1-3-15-14-9-11-23-16(14)8-10-19(15)17(20)18-12-4-6-13(7-5-12)24(2,21)22/h4-7,9,11,15H,3,8,10H2,1-2H3,(H,18,20)/t15-/m1/s1. The quantitative estimate of drug-likeness (QED) is 0.903. The van der Waals surface area contributed by atoms with Gasteiger partial charge in [0.25, 0.3) is 0 Å². The summed E-state index contributed by atoms with van der Waals surface area (Å²) in [5.41, 5.74) is 1.84. The van der Waals surface area contributed by atoms with Crippen LogP contribution in [0.2, 0.25) is 0 Å². The number of nitrogens with zero attached hydrogens (tertiary/aromatic N) is 1. The highest BCUT2D eigenvalue weighted by molar-refractivity contribution is 7.90. The van der Waals surface area contributed by atoms with Gasteiger partial charge in [0, 0.05) is 23.4 Å². The average Bonchev–Trinajstić information content (AvgIpc) is 3.02. The third kappa shape index (κ3) is 3.32. The van der Waals surface area contributed by atoms with Crippen LogP contribution in [0.3, 0.4) is 0 Å². The molecular weight excluding hydrogens is 344 g/mol. The number of hydrogen-bond donors (Lipinski definition) is 1. The number of carbonyl (C=O) groups excluding carboxylic acids is 1. The molecule has 0 saturated heterocycles. The third-order valence-corrected chi connectivity index (χ3v) is 6.40. The molecular formula is C17H20N2O3S2. The van der Waals surface area contributed by atoms with E-state index < -0.39 is 9.84 Å². The van der Waals surface area contributed by atoms with Gasteiger partial charge in [0.05, 0.1) is 10.9 Å². The second-order valence-corrected chi connectivity index (χ2v) is 8.91. The summed E-state index contributed by atoms with van der Waals surface area (Å²) in [4.78, 5) is 16.1. The summed E-state index contributed by atoms with van der Waals surface area (Å²) in [5.74, 6) is 0. The number of fused-ring (bicyclic) bond motifs is 1. The van der Waals surface area contributed by atoms with Crippen molar-refractivity contribution in [3.63, 3.8) is 0 Å². The Hall–Kier alpha value is -1.86. The zero-order chi connectivity index (χ0) is 17.3. The Morgan fingerprint density at radius 2 is 2.00 bits per heavy atom. The van der Waals surface area contributed by atoms with E-state index in [2.05, 4.69) is 23.7 Å². The predicted octanol–water partition coefficient (Wildman–Crippen LogP) is 3.69. The van der Waals surface area contributed by atoms with Crippen LogP contribution >= 0.6 is 11.3 Å². The first kappa shape index (κ1) is 17.0. The van der Waals surface area contributed by atoms with Crippen molar-refractivity contribution in [3.8, 4) is 0 Å². The minimum atomic E-state index is -3.23. The highest BCUT2D eigenvalue weighted by atomic mass is 32.2. The summed E-state index contributed by atoms with van der Waals surface area (Å²) in [6.07, 6.45) is 2.91. The molecule has 1 aliphatic heterocycles. The lowest BCUT2D eigenvalue weighted by molar-refractivity contribution is 0.181. The van der Waals surface area contributed by atoms with E-state index in [9.17, 15) is 13.2 Å². The fourth-order valence-corrected chi connectivity index (χ4v) is 4.62. The van der Waals surface area contributed by atoms with Crippen LogP contribution in [-0.4, -0.2) is 32.1 Å². The van der Waals surface area contributed by atoms with Crippen LogP contribution in [0.5, 0.6) is 0 Å². The highest BCUT2D eigenvalue weighted by Gasteiger charge is 2.30. The summed E-state index contributed by atoms with van der Waals surface area (Å²) >= 11 is 1.75. The monoisotopic (exact) mass is 364 g/mol. The number of amides is 2. The van der Waals surface area contributed by atoms with E-state index in [4.69, 9.17) is 0 Å². The van der Waals surface area contributed by atoms with E-state index in [1.165, 1.54) is 28.8 Å². The van der Waals surface area contributed by atoms with Crippen molar-refractivity contribution in [1.82, 2.24) is 4.90 Å². The molecule has 2 aromatic rings. The Bertz CT molecular complexity index is 841. The first-order valence-corrected chi connectivity index (χ1v) is 10.6. The van der Waals surface area contributed by atoms with E-state index in [1.807, 2.05) is 4.90 Å². The fraction of sp³-hybridized carbons (Fsp3) is 0.353. The number of rotatable bonds is 3. The molecule has 128 valence electrons. The van der Waals surface area contributed by atoms with E-state index in [1.54, 1.807) is 23.5 Å². The maximum absolute atomic E-state index is 12.7. The molecule has 2 amide bonds. The van der Waals surface area contributed by atoms with Crippen LogP contribution in [0.15, 0.2) is 40.6 Å². The molecule has 1 aromatic heterocycles. The van der Waals surface area contributed by atoms with Crippen molar-refractivity contribution in [2.24, 2.45) is 0 Å². The van der Waals surface area contributed by atoms with Crippen LogP contribution < -0.4 is 5.32 Å². The molecule has 5 nitrogen and oxygen atoms in total. The number of urea groups is 1. The predicted molar refractivity (Wildman–Crippen MR) is 96.3 cm³/mol. The van der Waals surface area contributed by atoms with Gasteiger partial charge in [-0.1, -0.05) is 6.92 Å². The van der Waals surface area contributed by atoms with Crippen molar-refractivity contribution in [2.45, 2.75) is 30.7 Å². The molecule has 0 saturated carbocycles. The second kappa shape index (κ2) is 6.57. The summed E-state index contributed by atoms with van der Waals surface area (Å²) in [7, 11) is -3.23. The number of benzene rings is 1. The Morgan fingerprint density at radius 1 is 1.29 bits per heavy atom. The van der Waals surface area contributed by atoms with Gasteiger partial charge >= 0.3 is 6.03 Å². The fourth-order valence-electron chi connectivity index (χ4n) is 3.06. The van der Waals surface area contributed by atoms with Gasteiger partial charge in [-0.2, -0.15) is 0 Å². The molecule has 0 aliphatic carbocycles. The van der Waals surface area contributed by atoms with Crippen LogP contribution in [0, 0.1) is 0 Å². The molecule has 3 rings (SSSR count). The van der Waals surface area contributed by atoms with Gasteiger partial charge in [0.1, 0.15) is 0 Å². The average molecular weight is 364 g/mol. The molecule has 1 N–H and O–H groups in total. The topological polar surface area (TPSA) is 66.5 Å². The lowest BCUT2D eigenvalue weighted by atomic mass is 9.98. The molecule has 0 bridgehead atoms. The second-order valence-electron chi connectivity index (χ2n) is 5.89. The molecule has 1 aliphatic rings. The van der Waals surface area contributed by atoms with E-state index >= 15 is 0 Å². The summed E-state index contributed by atoms with van der Waals surface area (Å²) in [5, 5.41) is 4.96. The number of carbonyl (C=O) groups is 1. The van der Waals surface area contributed by atoms with E-state index in [0.717, 1.165) is 12.8 Å². The number of anilines is 1. The lowest BCUT2D eigenvalue weighted by Crippen LogP contribution is -2.41. The maximum Gasteiger partial charge on any atom is 0.322 e. The summed E-state index contributed by atoms with van der Waals surface area (Å²) in [6, 6.07) is 8.31. The van der Waals surface area contributed by atoms with Gasteiger partial charge in [0.15, 0.2) is 9.84 Å². The molecule has 0 spiro atoms. The minimum Gasteiger partial charge on any atom is -0.317 e. The smallest absolute Gasteiger partial charge is 0.317 e. The molecule has 1 atom stereocenters. The van der Waals surface area contributed by atoms with Crippen molar-refractivity contribution in [1.29, 1.82) is 0 Å². The van der Waals surface area contributed by atoms with Crippen molar-refractivity contribution in [3.05, 3.63) is 46.2 Å². The van der Waals surface area contributed by atoms with Gasteiger partial charge < -0.3 is 10.2 Å². The molecule has 1 aromatic carbocycles. The van der Waals surface area contributed by atoms with Gasteiger partial charge in [0.2, 0.25) is 0 Å². The molecule has 24 heavy (non-hydrogen) atoms. The van der Waals surface area contributed by atoms with Crippen LogP contribution in [0.4, 0.5) is 10.5 Å². The highest BCUT2D eigenvalue weighted by Crippen LogP contribution is 2.35. The zero-order valence-corrected chi connectivity index (χ0v) is 15.3. The molecule has 0 radical (unpaired) electrons. The Morgan fingerprint density at radius 3 is 2.62 bits per heavy atom. The molecule has 0 fully saturated rings. The van der Waals surface area contributed by atoms with Crippen LogP contribution in [-0.2, 0) is 16.3 Å². The first-order chi connectivity index (χ1) is 11.4. The lowest BCUT2D eigenvalue weighted by Gasteiger charge is -2.35. The molecule has 2 heterocycles. The SMILES string of the molecule is CC[C@@H]1c2ccsc2CCN1C(=O)Nc1ccc(S(C)(=O)=O)cc1. The number of hydrogen-bond acceptors (Lipinski definition) is 4. The molecule has 0 unspecified atom stereocenters. The normalized spacial score (nSPS) is 17.4. The molecule has 7 heteroatoms. The zero-order valence-electron chi connectivity index (χ0n) is 13.7. The number of thiophene rings is 1.